The third-order valence-corrected chi connectivity index (χ3v) is 6.03. The summed E-state index contributed by atoms with van der Waals surface area (Å²) in [6, 6.07) is 3.96. The highest BCUT2D eigenvalue weighted by Gasteiger charge is 2.27. The monoisotopic (exact) mass is 303 g/mol. The first-order valence-corrected chi connectivity index (χ1v) is 8.77. The highest BCUT2D eigenvalue weighted by atomic mass is 32.2. The van der Waals surface area contributed by atoms with Crippen LogP contribution in [0.15, 0.2) is 12.1 Å². The van der Waals surface area contributed by atoms with Crippen LogP contribution in [-0.2, 0) is 16.8 Å². The van der Waals surface area contributed by atoms with Crippen molar-refractivity contribution in [1.29, 1.82) is 0 Å². The molecule has 7 heteroatoms. The normalized spacial score (nSPS) is 18.8. The second kappa shape index (κ2) is 6.32. The lowest BCUT2D eigenvalue weighted by Crippen LogP contribution is -2.45. The first kappa shape index (κ1) is 14.9. The van der Waals surface area contributed by atoms with E-state index in [9.17, 15) is 8.42 Å². The van der Waals surface area contributed by atoms with E-state index in [-0.39, 0.29) is 0 Å². The van der Waals surface area contributed by atoms with Gasteiger partial charge in [0.2, 0.25) is 0 Å². The molecule has 5 nitrogen and oxygen atoms in total. The fraction of sp³-hybridized carbons (Fsp3) is 0.667. The fourth-order valence-corrected chi connectivity index (χ4v) is 4.35. The van der Waals surface area contributed by atoms with E-state index in [1.807, 2.05) is 19.1 Å². The minimum Gasteiger partial charge on any atom is -0.330 e. The Labute approximate surface area is 119 Å². The first-order chi connectivity index (χ1) is 9.01. The minimum atomic E-state index is -3.35. The molecular weight excluding hydrogens is 282 g/mol. The predicted molar refractivity (Wildman–Crippen MR) is 78.2 cm³/mol. The van der Waals surface area contributed by atoms with Crippen molar-refractivity contribution in [3.05, 3.63) is 21.9 Å². The molecule has 1 aliphatic heterocycles. The molecule has 3 N–H and O–H groups in total. The second-order valence-corrected chi connectivity index (χ2v) is 8.04. The number of nitrogens with two attached hydrogens (primary N) is 1. The SMILES string of the molecule is Cc1ccc(CNS(=O)(=O)N2CCC(CN)CC2)s1. The molecule has 1 aromatic heterocycles. The van der Waals surface area contributed by atoms with Gasteiger partial charge >= 0.3 is 0 Å². The molecule has 0 aromatic carbocycles. The van der Waals surface area contributed by atoms with Gasteiger partial charge in [-0.3, -0.25) is 0 Å². The van der Waals surface area contributed by atoms with Gasteiger partial charge in [-0.1, -0.05) is 0 Å². The molecule has 0 radical (unpaired) electrons. The number of hydrogen-bond donors (Lipinski definition) is 2. The largest absolute Gasteiger partial charge is 0.330 e. The molecule has 108 valence electrons. The molecule has 0 aliphatic carbocycles. The van der Waals surface area contributed by atoms with Crippen LogP contribution in [0.2, 0.25) is 0 Å². The van der Waals surface area contributed by atoms with Gasteiger partial charge in [0, 0.05) is 29.4 Å². The number of piperidine rings is 1. The third-order valence-electron chi connectivity index (χ3n) is 3.47. The van der Waals surface area contributed by atoms with Crippen molar-refractivity contribution in [2.24, 2.45) is 11.7 Å². The maximum atomic E-state index is 12.1. The van der Waals surface area contributed by atoms with Gasteiger partial charge in [-0.25, -0.2) is 0 Å². The Morgan fingerprint density at radius 1 is 1.42 bits per heavy atom. The summed E-state index contributed by atoms with van der Waals surface area (Å²) in [5.74, 6) is 0.464. The van der Waals surface area contributed by atoms with Gasteiger partial charge in [-0.2, -0.15) is 17.4 Å². The van der Waals surface area contributed by atoms with E-state index in [1.165, 1.54) is 9.18 Å². The predicted octanol–water partition coefficient (Wildman–Crippen LogP) is 1.06. The van der Waals surface area contributed by atoms with Crippen molar-refractivity contribution in [1.82, 2.24) is 9.03 Å². The van der Waals surface area contributed by atoms with Crippen LogP contribution in [0.25, 0.3) is 0 Å². The molecule has 1 aromatic rings. The van der Waals surface area contributed by atoms with Gasteiger partial charge in [0.25, 0.3) is 10.2 Å². The molecular formula is C12H21N3O2S2. The van der Waals surface area contributed by atoms with Crippen molar-refractivity contribution >= 4 is 21.5 Å². The Balaban J connectivity index is 1.88. The van der Waals surface area contributed by atoms with E-state index in [1.54, 1.807) is 11.3 Å². The summed E-state index contributed by atoms with van der Waals surface area (Å²) < 4.78 is 28.5. The minimum absolute atomic E-state index is 0.373. The van der Waals surface area contributed by atoms with Crippen molar-refractivity contribution in [2.75, 3.05) is 19.6 Å². The van der Waals surface area contributed by atoms with Crippen LogP contribution >= 0.6 is 11.3 Å². The van der Waals surface area contributed by atoms with Gasteiger partial charge in [0.1, 0.15) is 0 Å². The summed E-state index contributed by atoms with van der Waals surface area (Å²) in [5, 5.41) is 0. The summed E-state index contributed by atoms with van der Waals surface area (Å²) >= 11 is 1.62. The quantitative estimate of drug-likeness (QED) is 0.854. The van der Waals surface area contributed by atoms with Crippen molar-refractivity contribution in [3.8, 4) is 0 Å². The molecule has 0 unspecified atom stereocenters. The van der Waals surface area contributed by atoms with E-state index >= 15 is 0 Å². The molecule has 0 atom stereocenters. The second-order valence-electron chi connectivity index (χ2n) is 4.92. The average molecular weight is 303 g/mol. The summed E-state index contributed by atoms with van der Waals surface area (Å²) in [7, 11) is -3.35. The first-order valence-electron chi connectivity index (χ1n) is 6.51. The van der Waals surface area contributed by atoms with Crippen LogP contribution in [-0.4, -0.2) is 32.4 Å². The number of rotatable bonds is 5. The number of aryl methyl sites for hydroxylation is 1. The maximum absolute atomic E-state index is 12.1. The Bertz CT molecular complexity index is 505. The van der Waals surface area contributed by atoms with Crippen molar-refractivity contribution in [3.63, 3.8) is 0 Å². The molecule has 1 fully saturated rings. The fourth-order valence-electron chi connectivity index (χ4n) is 2.22. The third kappa shape index (κ3) is 4.00. The van der Waals surface area contributed by atoms with Gasteiger partial charge in [0.05, 0.1) is 0 Å². The van der Waals surface area contributed by atoms with Gasteiger partial charge in [0.15, 0.2) is 0 Å². The molecule has 19 heavy (non-hydrogen) atoms. The molecule has 0 spiro atoms. The topological polar surface area (TPSA) is 75.4 Å². The number of thiophene rings is 1. The van der Waals surface area contributed by atoms with Crippen LogP contribution in [0.5, 0.6) is 0 Å². The Morgan fingerprint density at radius 2 is 2.11 bits per heavy atom. The zero-order valence-electron chi connectivity index (χ0n) is 11.1. The zero-order chi connectivity index (χ0) is 13.9. The highest BCUT2D eigenvalue weighted by molar-refractivity contribution is 7.87. The number of hydrogen-bond acceptors (Lipinski definition) is 4. The summed E-state index contributed by atoms with van der Waals surface area (Å²) in [5.41, 5.74) is 5.61. The maximum Gasteiger partial charge on any atom is 0.279 e. The Hall–Kier alpha value is -0.470. The van der Waals surface area contributed by atoms with E-state index in [4.69, 9.17) is 5.73 Å². The van der Waals surface area contributed by atoms with Crippen molar-refractivity contribution < 1.29 is 8.42 Å². The molecule has 0 bridgehead atoms. The Morgan fingerprint density at radius 3 is 2.63 bits per heavy atom. The van der Waals surface area contributed by atoms with Crippen LogP contribution < -0.4 is 10.5 Å². The van der Waals surface area contributed by atoms with Crippen LogP contribution in [0, 0.1) is 12.8 Å². The molecule has 2 rings (SSSR count). The standard InChI is InChI=1S/C12H21N3O2S2/c1-10-2-3-12(18-10)9-14-19(16,17)15-6-4-11(8-13)5-7-15/h2-3,11,14H,4-9,13H2,1H3. The van der Waals surface area contributed by atoms with Crippen LogP contribution in [0.1, 0.15) is 22.6 Å². The lowest BCUT2D eigenvalue weighted by molar-refractivity contribution is 0.276. The van der Waals surface area contributed by atoms with Crippen molar-refractivity contribution in [2.45, 2.75) is 26.3 Å². The molecule has 0 saturated carbocycles. The summed E-state index contributed by atoms with van der Waals surface area (Å²) in [4.78, 5) is 2.23. The van der Waals surface area contributed by atoms with E-state index in [2.05, 4.69) is 4.72 Å². The van der Waals surface area contributed by atoms with E-state index < -0.39 is 10.2 Å². The molecule has 0 amide bonds. The number of nitrogens with one attached hydrogen (secondary N) is 1. The lowest BCUT2D eigenvalue weighted by atomic mass is 9.99. The smallest absolute Gasteiger partial charge is 0.279 e. The summed E-state index contributed by atoms with van der Waals surface area (Å²) in [6.45, 7) is 4.18. The van der Waals surface area contributed by atoms with Crippen LogP contribution in [0.3, 0.4) is 0 Å². The zero-order valence-corrected chi connectivity index (χ0v) is 12.8. The summed E-state index contributed by atoms with van der Waals surface area (Å²) in [6.07, 6.45) is 1.71. The molecule has 1 aliphatic rings. The number of nitrogens with zero attached hydrogens (tertiary/aromatic N) is 1. The van der Waals surface area contributed by atoms with E-state index in [0.717, 1.165) is 17.7 Å². The Kier molecular flexibility index (Phi) is 4.97. The molecule has 1 saturated heterocycles. The average Bonchev–Trinajstić information content (AvgIpc) is 2.82. The highest BCUT2D eigenvalue weighted by Crippen LogP contribution is 2.19. The van der Waals surface area contributed by atoms with Gasteiger partial charge in [-0.05, 0) is 44.4 Å². The van der Waals surface area contributed by atoms with Gasteiger partial charge < -0.3 is 5.73 Å². The van der Waals surface area contributed by atoms with Gasteiger partial charge in [-0.15, -0.1) is 11.3 Å². The van der Waals surface area contributed by atoms with Crippen LogP contribution in [0.4, 0.5) is 0 Å². The lowest BCUT2D eigenvalue weighted by Gasteiger charge is -2.30. The van der Waals surface area contributed by atoms with E-state index in [0.29, 0.717) is 32.1 Å². The molecule has 2 heterocycles.